The van der Waals surface area contributed by atoms with Gasteiger partial charge in [-0.1, -0.05) is 38.2 Å². The third kappa shape index (κ3) is 2.22. The van der Waals surface area contributed by atoms with Crippen molar-refractivity contribution in [3.8, 4) is 0 Å². The molecule has 1 aromatic carbocycles. The summed E-state index contributed by atoms with van der Waals surface area (Å²) in [7, 11) is 0. The molecule has 0 aliphatic carbocycles. The summed E-state index contributed by atoms with van der Waals surface area (Å²) in [4.78, 5) is 26.3. The molecule has 0 bridgehead atoms. The summed E-state index contributed by atoms with van der Waals surface area (Å²) < 4.78 is 0. The third-order valence-electron chi connectivity index (χ3n) is 4.12. The smallest absolute Gasteiger partial charge is 0.240 e. The van der Waals surface area contributed by atoms with Gasteiger partial charge < -0.3 is 5.73 Å². The molecule has 2 N–H and O–H groups in total. The SMILES string of the molecule is CC(C)C1(C)CC(=O)N(c2cccc(C(N)=S)c2)C1=O. The summed E-state index contributed by atoms with van der Waals surface area (Å²) in [5, 5.41) is 0. The highest BCUT2D eigenvalue weighted by Crippen LogP contribution is 2.41. The lowest BCUT2D eigenvalue weighted by Gasteiger charge is -2.26. The molecule has 20 heavy (non-hydrogen) atoms. The topological polar surface area (TPSA) is 63.4 Å². The van der Waals surface area contributed by atoms with E-state index in [0.29, 0.717) is 11.3 Å². The Bertz CT molecular complexity index is 597. The Hall–Kier alpha value is -1.75. The Morgan fingerprint density at radius 3 is 2.55 bits per heavy atom. The van der Waals surface area contributed by atoms with Crippen molar-refractivity contribution in [3.05, 3.63) is 29.8 Å². The molecule has 0 radical (unpaired) electrons. The molecule has 1 saturated heterocycles. The molecule has 0 aromatic heterocycles. The second-order valence-corrected chi connectivity index (χ2v) is 6.14. The van der Waals surface area contributed by atoms with Crippen molar-refractivity contribution in [2.24, 2.45) is 17.1 Å². The van der Waals surface area contributed by atoms with Crippen molar-refractivity contribution >= 4 is 34.7 Å². The monoisotopic (exact) mass is 290 g/mol. The molecule has 1 aliphatic rings. The van der Waals surface area contributed by atoms with Crippen molar-refractivity contribution in [2.45, 2.75) is 27.2 Å². The van der Waals surface area contributed by atoms with Crippen LogP contribution < -0.4 is 10.6 Å². The summed E-state index contributed by atoms with van der Waals surface area (Å²) in [6.45, 7) is 5.76. The zero-order valence-electron chi connectivity index (χ0n) is 11.8. The van der Waals surface area contributed by atoms with E-state index in [4.69, 9.17) is 18.0 Å². The summed E-state index contributed by atoms with van der Waals surface area (Å²) in [6, 6.07) is 6.92. The zero-order valence-corrected chi connectivity index (χ0v) is 12.7. The summed E-state index contributed by atoms with van der Waals surface area (Å²) in [5.74, 6) is -0.230. The number of imide groups is 1. The van der Waals surface area contributed by atoms with Crippen molar-refractivity contribution in [3.63, 3.8) is 0 Å². The quantitative estimate of drug-likeness (QED) is 0.685. The molecule has 1 aliphatic heterocycles. The van der Waals surface area contributed by atoms with Gasteiger partial charge in [0, 0.05) is 12.0 Å². The number of hydrogen-bond donors (Lipinski definition) is 1. The van der Waals surface area contributed by atoms with Gasteiger partial charge in [-0.05, 0) is 25.0 Å². The van der Waals surface area contributed by atoms with Crippen LogP contribution in [0.5, 0.6) is 0 Å². The molecule has 106 valence electrons. The number of carbonyl (C=O) groups excluding carboxylic acids is 2. The highest BCUT2D eigenvalue weighted by Gasteiger charge is 2.50. The minimum Gasteiger partial charge on any atom is -0.389 e. The van der Waals surface area contributed by atoms with E-state index < -0.39 is 5.41 Å². The van der Waals surface area contributed by atoms with Crippen LogP contribution in [0.15, 0.2) is 24.3 Å². The van der Waals surface area contributed by atoms with Crippen LogP contribution in [-0.4, -0.2) is 16.8 Å². The lowest BCUT2D eigenvalue weighted by Crippen LogP contribution is -2.37. The van der Waals surface area contributed by atoms with E-state index in [1.807, 2.05) is 20.8 Å². The van der Waals surface area contributed by atoms with Gasteiger partial charge in [-0.2, -0.15) is 0 Å². The predicted octanol–water partition coefficient (Wildman–Crippen LogP) is 2.25. The number of rotatable bonds is 3. The minimum absolute atomic E-state index is 0.0997. The lowest BCUT2D eigenvalue weighted by molar-refractivity contribution is -0.126. The molecule has 5 heteroatoms. The first-order valence-corrected chi connectivity index (χ1v) is 6.95. The van der Waals surface area contributed by atoms with E-state index in [1.165, 1.54) is 4.90 Å². The Labute approximate surface area is 123 Å². The molecule has 1 atom stereocenters. The number of nitrogens with two attached hydrogens (primary N) is 1. The highest BCUT2D eigenvalue weighted by molar-refractivity contribution is 7.80. The normalized spacial score (nSPS) is 22.7. The van der Waals surface area contributed by atoms with Gasteiger partial charge in [0.15, 0.2) is 0 Å². The van der Waals surface area contributed by atoms with Gasteiger partial charge in [0.25, 0.3) is 0 Å². The molecule has 1 unspecified atom stereocenters. The van der Waals surface area contributed by atoms with Gasteiger partial charge in [-0.15, -0.1) is 0 Å². The van der Waals surface area contributed by atoms with Crippen molar-refractivity contribution in [1.82, 2.24) is 0 Å². The standard InChI is InChI=1S/C15H18N2O2S/c1-9(2)15(3)8-12(18)17(14(15)19)11-6-4-5-10(7-11)13(16)20/h4-7,9H,8H2,1-3H3,(H2,16,20). The van der Waals surface area contributed by atoms with Crippen LogP contribution in [0, 0.1) is 11.3 Å². The Balaban J connectivity index is 2.43. The molecule has 0 saturated carbocycles. The second kappa shape index (κ2) is 4.98. The Morgan fingerprint density at radius 1 is 1.40 bits per heavy atom. The average molecular weight is 290 g/mol. The van der Waals surface area contributed by atoms with Crippen LogP contribution in [0.1, 0.15) is 32.8 Å². The number of benzene rings is 1. The fourth-order valence-corrected chi connectivity index (χ4v) is 2.48. The van der Waals surface area contributed by atoms with E-state index in [1.54, 1.807) is 24.3 Å². The molecule has 1 heterocycles. The van der Waals surface area contributed by atoms with Gasteiger partial charge >= 0.3 is 0 Å². The van der Waals surface area contributed by atoms with Crippen LogP contribution in [0.25, 0.3) is 0 Å². The van der Waals surface area contributed by atoms with E-state index >= 15 is 0 Å². The Morgan fingerprint density at radius 2 is 2.05 bits per heavy atom. The third-order valence-corrected chi connectivity index (χ3v) is 4.36. The molecule has 2 amide bonds. The van der Waals surface area contributed by atoms with E-state index in [-0.39, 0.29) is 29.1 Å². The molecular weight excluding hydrogens is 272 g/mol. The van der Waals surface area contributed by atoms with E-state index in [2.05, 4.69) is 0 Å². The number of carbonyl (C=O) groups is 2. The van der Waals surface area contributed by atoms with Gasteiger partial charge in [0.05, 0.1) is 11.1 Å². The summed E-state index contributed by atoms with van der Waals surface area (Å²) in [6.07, 6.45) is 0.237. The number of nitrogens with zero attached hydrogens (tertiary/aromatic N) is 1. The highest BCUT2D eigenvalue weighted by atomic mass is 32.1. The molecular formula is C15H18N2O2S. The maximum atomic E-state index is 12.6. The largest absolute Gasteiger partial charge is 0.389 e. The maximum Gasteiger partial charge on any atom is 0.240 e. The number of thiocarbonyl (C=S) groups is 1. The van der Waals surface area contributed by atoms with Crippen LogP contribution in [-0.2, 0) is 9.59 Å². The molecule has 2 rings (SSSR count). The van der Waals surface area contributed by atoms with Crippen LogP contribution >= 0.6 is 12.2 Å². The number of anilines is 1. The van der Waals surface area contributed by atoms with Crippen LogP contribution in [0.2, 0.25) is 0 Å². The van der Waals surface area contributed by atoms with Crippen LogP contribution in [0.3, 0.4) is 0 Å². The minimum atomic E-state index is -0.643. The molecule has 0 spiro atoms. The zero-order chi connectivity index (χ0) is 15.1. The summed E-state index contributed by atoms with van der Waals surface area (Å²) in [5.41, 5.74) is 6.14. The lowest BCUT2D eigenvalue weighted by atomic mass is 9.78. The predicted molar refractivity (Wildman–Crippen MR) is 82.4 cm³/mol. The van der Waals surface area contributed by atoms with Gasteiger partial charge in [-0.3, -0.25) is 14.5 Å². The molecule has 1 fully saturated rings. The second-order valence-electron chi connectivity index (χ2n) is 5.70. The first-order chi connectivity index (χ1) is 9.27. The summed E-state index contributed by atoms with van der Waals surface area (Å²) >= 11 is 4.93. The van der Waals surface area contributed by atoms with Crippen molar-refractivity contribution < 1.29 is 9.59 Å². The van der Waals surface area contributed by atoms with Crippen molar-refractivity contribution in [1.29, 1.82) is 0 Å². The number of hydrogen-bond acceptors (Lipinski definition) is 3. The fourth-order valence-electron chi connectivity index (χ4n) is 2.35. The van der Waals surface area contributed by atoms with Gasteiger partial charge in [0.2, 0.25) is 11.8 Å². The van der Waals surface area contributed by atoms with E-state index in [9.17, 15) is 9.59 Å². The maximum absolute atomic E-state index is 12.6. The molecule has 4 nitrogen and oxygen atoms in total. The van der Waals surface area contributed by atoms with Gasteiger partial charge in [-0.25, -0.2) is 0 Å². The van der Waals surface area contributed by atoms with Crippen LogP contribution in [0.4, 0.5) is 5.69 Å². The van der Waals surface area contributed by atoms with E-state index in [0.717, 1.165) is 0 Å². The molecule has 1 aromatic rings. The number of amides is 2. The first-order valence-electron chi connectivity index (χ1n) is 6.54. The van der Waals surface area contributed by atoms with Gasteiger partial charge in [0.1, 0.15) is 4.99 Å². The Kier molecular flexibility index (Phi) is 3.65. The first kappa shape index (κ1) is 14.7. The fraction of sp³-hybridized carbons (Fsp3) is 0.400. The average Bonchev–Trinajstić information content (AvgIpc) is 2.61. The van der Waals surface area contributed by atoms with Crippen molar-refractivity contribution in [2.75, 3.05) is 4.90 Å².